The summed E-state index contributed by atoms with van der Waals surface area (Å²) in [5.41, 5.74) is 2.23. The van der Waals surface area contributed by atoms with Gasteiger partial charge in [0.1, 0.15) is 5.56 Å². The highest BCUT2D eigenvalue weighted by Gasteiger charge is 2.16. The molecule has 108 valence electrons. The summed E-state index contributed by atoms with van der Waals surface area (Å²) in [7, 11) is 0. The second-order valence-corrected chi connectivity index (χ2v) is 4.73. The van der Waals surface area contributed by atoms with Gasteiger partial charge >= 0.3 is 11.9 Å². The molecule has 0 saturated carbocycles. The van der Waals surface area contributed by atoms with Crippen LogP contribution in [-0.4, -0.2) is 31.9 Å². The van der Waals surface area contributed by atoms with Crippen molar-refractivity contribution in [2.24, 2.45) is 0 Å². The molecule has 6 heteroatoms. The average Bonchev–Trinajstić information content (AvgIpc) is 2.81. The van der Waals surface area contributed by atoms with Crippen molar-refractivity contribution in [1.29, 1.82) is 0 Å². The standard InChI is InChI=1S/C15H14N2O4/c1-9(2)7-13-12(15(20)21)8-16-17(13)11-5-3-10(4-6-11)14(18)19/h3-8H,1-2H3,(H,18,19)(H,20,21). The summed E-state index contributed by atoms with van der Waals surface area (Å²) in [6.07, 6.45) is 3.00. The molecule has 0 amide bonds. The molecule has 2 aromatic rings. The van der Waals surface area contributed by atoms with Crippen LogP contribution in [0.25, 0.3) is 11.8 Å². The van der Waals surface area contributed by atoms with E-state index in [2.05, 4.69) is 5.10 Å². The first-order valence-corrected chi connectivity index (χ1v) is 6.20. The molecule has 0 spiro atoms. The van der Waals surface area contributed by atoms with E-state index in [-0.39, 0.29) is 11.1 Å². The topological polar surface area (TPSA) is 92.4 Å². The van der Waals surface area contributed by atoms with Crippen molar-refractivity contribution in [2.45, 2.75) is 13.8 Å². The van der Waals surface area contributed by atoms with Gasteiger partial charge in [-0.15, -0.1) is 0 Å². The Labute approximate surface area is 121 Å². The van der Waals surface area contributed by atoms with E-state index in [0.717, 1.165) is 5.57 Å². The monoisotopic (exact) mass is 286 g/mol. The Morgan fingerprint density at radius 2 is 1.71 bits per heavy atom. The van der Waals surface area contributed by atoms with Gasteiger partial charge in [0.25, 0.3) is 0 Å². The van der Waals surface area contributed by atoms with E-state index in [4.69, 9.17) is 5.11 Å². The molecule has 6 nitrogen and oxygen atoms in total. The number of carbonyl (C=O) groups is 2. The molecule has 2 rings (SSSR count). The number of rotatable bonds is 4. The number of allylic oxidation sites excluding steroid dienone is 1. The van der Waals surface area contributed by atoms with Gasteiger partial charge in [0.2, 0.25) is 0 Å². The van der Waals surface area contributed by atoms with Crippen molar-refractivity contribution >= 4 is 18.0 Å². The predicted molar refractivity (Wildman–Crippen MR) is 76.8 cm³/mol. The molecule has 21 heavy (non-hydrogen) atoms. The second kappa shape index (κ2) is 5.62. The number of aromatic nitrogens is 2. The van der Waals surface area contributed by atoms with Gasteiger partial charge in [0.15, 0.2) is 0 Å². The SMILES string of the molecule is CC(C)=Cc1c(C(=O)O)cnn1-c1ccc(C(=O)O)cc1. The lowest BCUT2D eigenvalue weighted by molar-refractivity contribution is 0.0686. The zero-order valence-electron chi connectivity index (χ0n) is 11.6. The molecular formula is C15H14N2O4. The molecule has 1 aromatic heterocycles. The van der Waals surface area contributed by atoms with Crippen molar-refractivity contribution in [1.82, 2.24) is 9.78 Å². The van der Waals surface area contributed by atoms with Gasteiger partial charge in [0.05, 0.1) is 23.1 Å². The normalized spacial score (nSPS) is 10.2. The summed E-state index contributed by atoms with van der Waals surface area (Å²) in [5, 5.41) is 22.2. The Hall–Kier alpha value is -2.89. The van der Waals surface area contributed by atoms with E-state index in [0.29, 0.717) is 11.4 Å². The van der Waals surface area contributed by atoms with Gasteiger partial charge in [-0.25, -0.2) is 14.3 Å². The Morgan fingerprint density at radius 1 is 1.10 bits per heavy atom. The third-order valence-corrected chi connectivity index (χ3v) is 2.82. The Bertz CT molecular complexity index is 723. The minimum absolute atomic E-state index is 0.0958. The summed E-state index contributed by atoms with van der Waals surface area (Å²) < 4.78 is 1.47. The van der Waals surface area contributed by atoms with Gasteiger partial charge in [-0.3, -0.25) is 0 Å². The largest absolute Gasteiger partial charge is 0.478 e. The maximum Gasteiger partial charge on any atom is 0.339 e. The fourth-order valence-electron chi connectivity index (χ4n) is 1.89. The van der Waals surface area contributed by atoms with E-state index in [1.165, 1.54) is 23.0 Å². The maximum absolute atomic E-state index is 11.2. The molecular weight excluding hydrogens is 272 g/mol. The van der Waals surface area contributed by atoms with E-state index in [9.17, 15) is 14.7 Å². The first-order valence-electron chi connectivity index (χ1n) is 6.20. The highest BCUT2D eigenvalue weighted by Crippen LogP contribution is 2.19. The fraction of sp³-hybridized carbons (Fsp3) is 0.133. The third-order valence-electron chi connectivity index (χ3n) is 2.82. The summed E-state index contributed by atoms with van der Waals surface area (Å²) in [6.45, 7) is 3.72. The lowest BCUT2D eigenvalue weighted by atomic mass is 10.1. The lowest BCUT2D eigenvalue weighted by Crippen LogP contribution is -2.04. The number of aromatic carboxylic acids is 2. The molecule has 0 aliphatic rings. The summed E-state index contributed by atoms with van der Waals surface area (Å²) in [4.78, 5) is 22.1. The average molecular weight is 286 g/mol. The minimum atomic E-state index is -1.06. The fourth-order valence-corrected chi connectivity index (χ4v) is 1.89. The third kappa shape index (κ3) is 3.00. The van der Waals surface area contributed by atoms with Crippen molar-refractivity contribution in [3.05, 3.63) is 52.9 Å². The van der Waals surface area contributed by atoms with Crippen LogP contribution in [0.3, 0.4) is 0 Å². The predicted octanol–water partition coefficient (Wildman–Crippen LogP) is 2.69. The molecule has 0 unspecified atom stereocenters. The van der Waals surface area contributed by atoms with Gasteiger partial charge in [0, 0.05) is 0 Å². The van der Waals surface area contributed by atoms with Crippen molar-refractivity contribution in [3.63, 3.8) is 0 Å². The Morgan fingerprint density at radius 3 is 2.19 bits per heavy atom. The Balaban J connectivity index is 2.55. The highest BCUT2D eigenvalue weighted by atomic mass is 16.4. The van der Waals surface area contributed by atoms with Crippen LogP contribution in [-0.2, 0) is 0 Å². The van der Waals surface area contributed by atoms with Crippen LogP contribution in [0.15, 0.2) is 36.0 Å². The number of carboxylic acids is 2. The summed E-state index contributed by atoms with van der Waals surface area (Å²) in [6, 6.07) is 6.08. The first-order chi connectivity index (χ1) is 9.90. The van der Waals surface area contributed by atoms with Crippen LogP contribution < -0.4 is 0 Å². The van der Waals surface area contributed by atoms with Crippen molar-refractivity contribution in [2.75, 3.05) is 0 Å². The number of nitrogens with zero attached hydrogens (tertiary/aromatic N) is 2. The van der Waals surface area contributed by atoms with E-state index < -0.39 is 11.9 Å². The molecule has 2 N–H and O–H groups in total. The summed E-state index contributed by atoms with van der Waals surface area (Å²) >= 11 is 0. The van der Waals surface area contributed by atoms with Crippen LogP contribution in [0.2, 0.25) is 0 Å². The van der Waals surface area contributed by atoms with Crippen LogP contribution in [0.4, 0.5) is 0 Å². The quantitative estimate of drug-likeness (QED) is 0.901. The molecule has 0 fully saturated rings. The maximum atomic E-state index is 11.2. The molecule has 1 heterocycles. The van der Waals surface area contributed by atoms with Crippen LogP contribution in [0.1, 0.15) is 40.3 Å². The molecule has 0 bridgehead atoms. The molecule has 0 saturated heterocycles. The zero-order chi connectivity index (χ0) is 15.6. The lowest BCUT2D eigenvalue weighted by Gasteiger charge is -2.06. The van der Waals surface area contributed by atoms with Gasteiger partial charge < -0.3 is 10.2 Å². The number of carboxylic acid groups (broad SMARTS) is 2. The number of hydrogen-bond acceptors (Lipinski definition) is 3. The minimum Gasteiger partial charge on any atom is -0.478 e. The van der Waals surface area contributed by atoms with Crippen LogP contribution in [0.5, 0.6) is 0 Å². The molecule has 0 atom stereocenters. The molecule has 0 aliphatic heterocycles. The van der Waals surface area contributed by atoms with Crippen LogP contribution >= 0.6 is 0 Å². The highest BCUT2D eigenvalue weighted by molar-refractivity contribution is 5.91. The summed E-state index contributed by atoms with van der Waals surface area (Å²) in [5.74, 6) is -2.08. The van der Waals surface area contributed by atoms with E-state index >= 15 is 0 Å². The molecule has 0 aliphatic carbocycles. The molecule has 0 radical (unpaired) electrons. The van der Waals surface area contributed by atoms with E-state index in [1.54, 1.807) is 18.2 Å². The van der Waals surface area contributed by atoms with Gasteiger partial charge in [-0.05, 0) is 44.2 Å². The zero-order valence-corrected chi connectivity index (χ0v) is 11.6. The van der Waals surface area contributed by atoms with Crippen molar-refractivity contribution in [3.8, 4) is 5.69 Å². The smallest absolute Gasteiger partial charge is 0.339 e. The van der Waals surface area contributed by atoms with Gasteiger partial charge in [-0.1, -0.05) is 5.57 Å². The van der Waals surface area contributed by atoms with Gasteiger partial charge in [-0.2, -0.15) is 5.10 Å². The van der Waals surface area contributed by atoms with Crippen LogP contribution in [0, 0.1) is 0 Å². The number of hydrogen-bond donors (Lipinski definition) is 2. The number of benzene rings is 1. The van der Waals surface area contributed by atoms with E-state index in [1.807, 2.05) is 13.8 Å². The Kier molecular flexibility index (Phi) is 3.89. The first kappa shape index (κ1) is 14.5. The molecule has 1 aromatic carbocycles. The van der Waals surface area contributed by atoms with Crippen molar-refractivity contribution < 1.29 is 19.8 Å². The second-order valence-electron chi connectivity index (χ2n) is 4.73.